The number of benzene rings is 1. The Balaban J connectivity index is 1.64. The van der Waals surface area contributed by atoms with Gasteiger partial charge in [-0.3, -0.25) is 14.2 Å². The molecule has 8 heteroatoms. The van der Waals surface area contributed by atoms with E-state index in [0.29, 0.717) is 23.5 Å². The maximum Gasteiger partial charge on any atom is 0.197 e. The average molecular weight is 529 g/mol. The lowest BCUT2D eigenvalue weighted by atomic mass is 10.0. The van der Waals surface area contributed by atoms with Gasteiger partial charge in [0, 0.05) is 38.1 Å². The SMILES string of the molecule is CCCN(CCC(C)CC)c1cc2c(=O)c(C(C)NCc3ccncc3)c3sc4ccccc4n3c2nn1. The average Bonchev–Trinajstić information content (AvgIpc) is 3.33. The van der Waals surface area contributed by atoms with Crippen LogP contribution in [0.1, 0.15) is 64.1 Å². The number of thiazole rings is 1. The Morgan fingerprint density at radius 3 is 2.61 bits per heavy atom. The minimum Gasteiger partial charge on any atom is -0.355 e. The summed E-state index contributed by atoms with van der Waals surface area (Å²) in [5.41, 5.74) is 3.59. The zero-order chi connectivity index (χ0) is 26.6. The number of hydrogen-bond donors (Lipinski definition) is 1. The molecule has 0 bridgehead atoms. The third kappa shape index (κ3) is 5.15. The van der Waals surface area contributed by atoms with Crippen LogP contribution in [-0.2, 0) is 6.54 Å². The lowest BCUT2D eigenvalue weighted by Gasteiger charge is -2.24. The van der Waals surface area contributed by atoms with Crippen LogP contribution in [0, 0.1) is 5.92 Å². The highest BCUT2D eigenvalue weighted by Crippen LogP contribution is 2.33. The highest BCUT2D eigenvalue weighted by Gasteiger charge is 2.23. The molecule has 0 aliphatic heterocycles. The van der Waals surface area contributed by atoms with Gasteiger partial charge < -0.3 is 10.2 Å². The van der Waals surface area contributed by atoms with E-state index in [2.05, 4.69) is 69.6 Å². The molecule has 0 aliphatic carbocycles. The predicted octanol–water partition coefficient (Wildman–Crippen LogP) is 6.36. The first kappa shape index (κ1) is 26.3. The smallest absolute Gasteiger partial charge is 0.197 e. The van der Waals surface area contributed by atoms with E-state index in [1.54, 1.807) is 23.7 Å². The molecule has 4 heterocycles. The second-order valence-corrected chi connectivity index (χ2v) is 11.2. The molecule has 0 saturated heterocycles. The lowest BCUT2D eigenvalue weighted by Crippen LogP contribution is -2.29. The molecule has 0 fully saturated rings. The number of anilines is 1. The molecule has 38 heavy (non-hydrogen) atoms. The van der Waals surface area contributed by atoms with Crippen LogP contribution in [0.15, 0.2) is 59.7 Å². The van der Waals surface area contributed by atoms with Crippen molar-refractivity contribution in [2.75, 3.05) is 18.0 Å². The Kier molecular flexibility index (Phi) is 8.00. The van der Waals surface area contributed by atoms with Crippen molar-refractivity contribution >= 4 is 43.2 Å². The number of nitrogens with zero attached hydrogens (tertiary/aromatic N) is 5. The summed E-state index contributed by atoms with van der Waals surface area (Å²) in [5, 5.41) is 13.5. The van der Waals surface area contributed by atoms with Gasteiger partial charge in [0.05, 0.1) is 21.2 Å². The van der Waals surface area contributed by atoms with Crippen molar-refractivity contribution in [1.82, 2.24) is 24.9 Å². The normalized spacial score (nSPS) is 13.4. The third-order valence-corrected chi connectivity index (χ3v) is 8.57. The molecule has 0 saturated carbocycles. The minimum atomic E-state index is -0.156. The number of aromatic nitrogens is 4. The van der Waals surface area contributed by atoms with Crippen LogP contribution < -0.4 is 15.6 Å². The van der Waals surface area contributed by atoms with Gasteiger partial charge in [-0.05, 0) is 61.6 Å². The van der Waals surface area contributed by atoms with Crippen molar-refractivity contribution in [1.29, 1.82) is 0 Å². The van der Waals surface area contributed by atoms with Crippen molar-refractivity contribution in [3.05, 3.63) is 76.2 Å². The van der Waals surface area contributed by atoms with Gasteiger partial charge in [-0.2, -0.15) is 0 Å². The first-order valence-corrected chi connectivity index (χ1v) is 14.4. The van der Waals surface area contributed by atoms with Crippen LogP contribution in [0.2, 0.25) is 0 Å². The number of nitrogens with one attached hydrogen (secondary N) is 1. The molecule has 7 nitrogen and oxygen atoms in total. The van der Waals surface area contributed by atoms with Crippen molar-refractivity contribution in [2.24, 2.45) is 5.92 Å². The number of rotatable bonds is 11. The summed E-state index contributed by atoms with van der Waals surface area (Å²) in [7, 11) is 0. The molecule has 2 atom stereocenters. The Bertz CT molecular complexity index is 1600. The van der Waals surface area contributed by atoms with Gasteiger partial charge in [-0.25, -0.2) is 0 Å². The van der Waals surface area contributed by atoms with E-state index in [4.69, 9.17) is 0 Å². The molecule has 0 radical (unpaired) electrons. The van der Waals surface area contributed by atoms with Crippen LogP contribution in [0.5, 0.6) is 0 Å². The largest absolute Gasteiger partial charge is 0.355 e. The maximum atomic E-state index is 14.2. The summed E-state index contributed by atoms with van der Waals surface area (Å²) < 4.78 is 3.24. The van der Waals surface area contributed by atoms with E-state index in [1.165, 1.54) is 0 Å². The fourth-order valence-electron chi connectivity index (χ4n) is 4.92. The van der Waals surface area contributed by atoms with Crippen molar-refractivity contribution in [3.63, 3.8) is 0 Å². The molecule has 5 aromatic rings. The highest BCUT2D eigenvalue weighted by atomic mass is 32.1. The van der Waals surface area contributed by atoms with E-state index >= 15 is 0 Å². The van der Waals surface area contributed by atoms with Crippen LogP contribution in [-0.4, -0.2) is 32.7 Å². The van der Waals surface area contributed by atoms with E-state index in [1.807, 2.05) is 30.3 Å². The van der Waals surface area contributed by atoms with Crippen molar-refractivity contribution in [3.8, 4) is 0 Å². The van der Waals surface area contributed by atoms with Gasteiger partial charge in [0.15, 0.2) is 16.9 Å². The van der Waals surface area contributed by atoms with Gasteiger partial charge in [-0.1, -0.05) is 39.3 Å². The van der Waals surface area contributed by atoms with E-state index in [0.717, 1.165) is 64.3 Å². The van der Waals surface area contributed by atoms with Crippen LogP contribution in [0.25, 0.3) is 26.1 Å². The summed E-state index contributed by atoms with van der Waals surface area (Å²) in [5.74, 6) is 1.42. The Labute approximate surface area is 227 Å². The molecule has 0 aliphatic rings. The fraction of sp³-hybridized carbons (Fsp3) is 0.400. The molecular formula is C30H36N6OS. The Morgan fingerprint density at radius 1 is 1.05 bits per heavy atom. The lowest BCUT2D eigenvalue weighted by molar-refractivity contribution is 0.508. The molecule has 0 amide bonds. The first-order chi connectivity index (χ1) is 18.5. The number of para-hydroxylation sites is 1. The topological polar surface area (TPSA) is 75.4 Å². The quantitative estimate of drug-likeness (QED) is 0.215. The van der Waals surface area contributed by atoms with E-state index < -0.39 is 0 Å². The molecule has 5 rings (SSSR count). The predicted molar refractivity (Wildman–Crippen MR) is 158 cm³/mol. The Hall–Kier alpha value is -3.36. The van der Waals surface area contributed by atoms with Gasteiger partial charge in [0.1, 0.15) is 4.83 Å². The molecule has 4 aromatic heterocycles. The second kappa shape index (κ2) is 11.6. The monoisotopic (exact) mass is 528 g/mol. The number of pyridine rings is 2. The van der Waals surface area contributed by atoms with E-state index in [9.17, 15) is 4.79 Å². The zero-order valence-electron chi connectivity index (χ0n) is 22.6. The van der Waals surface area contributed by atoms with Gasteiger partial charge in [0.25, 0.3) is 0 Å². The zero-order valence-corrected chi connectivity index (χ0v) is 23.5. The van der Waals surface area contributed by atoms with Crippen molar-refractivity contribution in [2.45, 2.75) is 59.5 Å². The molecule has 198 valence electrons. The summed E-state index contributed by atoms with van der Waals surface area (Å²) in [6, 6.07) is 14.0. The Morgan fingerprint density at radius 2 is 1.84 bits per heavy atom. The fourth-order valence-corrected chi connectivity index (χ4v) is 6.20. The third-order valence-electron chi connectivity index (χ3n) is 7.41. The van der Waals surface area contributed by atoms with Crippen LogP contribution in [0.4, 0.5) is 5.82 Å². The molecule has 1 aromatic carbocycles. The standard InChI is InChI=1S/C30H36N6OS/c1-5-16-35(17-13-20(3)6-2)26-18-23-28(37)27(21(4)32-19-22-11-14-31-15-12-22)30-36(29(23)34-33-26)24-9-7-8-10-25(24)38-30/h7-12,14-15,18,20-21,32H,5-6,13,16-17,19H2,1-4H3. The van der Waals surface area contributed by atoms with Crippen LogP contribution >= 0.6 is 11.3 Å². The molecule has 1 N–H and O–H groups in total. The summed E-state index contributed by atoms with van der Waals surface area (Å²) in [4.78, 5) is 21.5. The summed E-state index contributed by atoms with van der Waals surface area (Å²) in [6.45, 7) is 11.2. The first-order valence-electron chi connectivity index (χ1n) is 13.6. The van der Waals surface area contributed by atoms with Gasteiger partial charge in [0.2, 0.25) is 0 Å². The summed E-state index contributed by atoms with van der Waals surface area (Å²) >= 11 is 1.63. The minimum absolute atomic E-state index is 0.0239. The number of hydrogen-bond acceptors (Lipinski definition) is 7. The summed E-state index contributed by atoms with van der Waals surface area (Å²) in [6.07, 6.45) is 6.83. The van der Waals surface area contributed by atoms with E-state index in [-0.39, 0.29) is 11.5 Å². The molecular weight excluding hydrogens is 492 g/mol. The molecule has 2 unspecified atom stereocenters. The molecule has 0 spiro atoms. The highest BCUT2D eigenvalue weighted by molar-refractivity contribution is 7.24. The maximum absolute atomic E-state index is 14.2. The second-order valence-electron chi connectivity index (χ2n) is 10.1. The van der Waals surface area contributed by atoms with Gasteiger partial charge in [-0.15, -0.1) is 21.5 Å². The number of fused-ring (bicyclic) bond motifs is 5. The van der Waals surface area contributed by atoms with Crippen molar-refractivity contribution < 1.29 is 0 Å². The van der Waals surface area contributed by atoms with Crippen LogP contribution in [0.3, 0.4) is 0 Å². The van der Waals surface area contributed by atoms with Gasteiger partial charge >= 0.3 is 0 Å².